The van der Waals surface area contributed by atoms with Crippen LogP contribution in [0.3, 0.4) is 0 Å². The molecule has 4 nitrogen and oxygen atoms in total. The van der Waals surface area contributed by atoms with E-state index in [-0.39, 0.29) is 0 Å². The van der Waals surface area contributed by atoms with Crippen LogP contribution in [0.4, 0.5) is 5.82 Å². The van der Waals surface area contributed by atoms with Crippen LogP contribution in [0.2, 0.25) is 0 Å². The molecule has 1 aromatic rings. The first-order chi connectivity index (χ1) is 4.97. The summed E-state index contributed by atoms with van der Waals surface area (Å²) in [5.74, 6) is 1.88. The van der Waals surface area contributed by atoms with Crippen LogP contribution in [-0.4, -0.2) is 27.5 Å². The summed E-state index contributed by atoms with van der Waals surface area (Å²) in [5.41, 5.74) is 0. The summed E-state index contributed by atoms with van der Waals surface area (Å²) in [5, 5.41) is 11.6. The molecule has 0 amide bonds. The topological polar surface area (TPSA) is 50.7 Å². The summed E-state index contributed by atoms with van der Waals surface area (Å²) < 4.78 is 0. The molecular formula is C5H6N4S. The van der Waals surface area contributed by atoms with E-state index in [9.17, 15) is 0 Å². The van der Waals surface area contributed by atoms with E-state index in [0.29, 0.717) is 0 Å². The molecule has 0 bridgehead atoms. The summed E-state index contributed by atoms with van der Waals surface area (Å²) in [4.78, 5) is 4.05. The average Bonchev–Trinajstić information content (AvgIpc) is 2.05. The molecule has 0 saturated heterocycles. The number of fused-ring (bicyclic) bond motifs is 1. The number of thioether (sulfide) groups is 1. The van der Waals surface area contributed by atoms with Crippen molar-refractivity contribution in [3.63, 3.8) is 0 Å². The highest BCUT2D eigenvalue weighted by molar-refractivity contribution is 7.99. The lowest BCUT2D eigenvalue weighted by Gasteiger charge is -2.12. The van der Waals surface area contributed by atoms with Crippen LogP contribution in [0.1, 0.15) is 0 Å². The molecule has 10 heavy (non-hydrogen) atoms. The Morgan fingerprint density at radius 1 is 1.60 bits per heavy atom. The van der Waals surface area contributed by atoms with Crippen molar-refractivity contribution < 1.29 is 0 Å². The maximum atomic E-state index is 4.05. The van der Waals surface area contributed by atoms with Crippen LogP contribution in [0.15, 0.2) is 11.4 Å². The molecule has 1 aliphatic rings. The first-order valence-corrected chi connectivity index (χ1v) is 4.00. The second-order valence-corrected chi connectivity index (χ2v) is 2.97. The molecule has 52 valence electrons. The molecule has 0 unspecified atom stereocenters. The molecule has 0 aromatic carbocycles. The Bertz CT molecular complexity index is 214. The Morgan fingerprint density at radius 3 is 3.50 bits per heavy atom. The minimum Gasteiger partial charge on any atom is -0.365 e. The van der Waals surface area contributed by atoms with E-state index in [4.69, 9.17) is 0 Å². The van der Waals surface area contributed by atoms with Gasteiger partial charge in [-0.05, 0) is 0 Å². The number of hydrogen-bond donors (Lipinski definition) is 1. The molecule has 1 aromatic heterocycles. The maximum absolute atomic E-state index is 4.05. The van der Waals surface area contributed by atoms with E-state index in [0.717, 1.165) is 23.1 Å². The van der Waals surface area contributed by atoms with Crippen LogP contribution in [0.5, 0.6) is 0 Å². The van der Waals surface area contributed by atoms with Crippen molar-refractivity contribution in [2.75, 3.05) is 17.6 Å². The molecule has 1 N–H and O–H groups in total. The first kappa shape index (κ1) is 5.91. The van der Waals surface area contributed by atoms with E-state index in [1.165, 1.54) is 6.33 Å². The third-order valence-electron chi connectivity index (χ3n) is 1.22. The maximum Gasteiger partial charge on any atom is 0.181 e. The SMILES string of the molecule is c1nnc2c(n1)SCCN2. The van der Waals surface area contributed by atoms with Crippen molar-refractivity contribution >= 4 is 17.6 Å². The highest BCUT2D eigenvalue weighted by atomic mass is 32.2. The molecule has 0 fully saturated rings. The van der Waals surface area contributed by atoms with Gasteiger partial charge in [0.1, 0.15) is 11.4 Å². The van der Waals surface area contributed by atoms with Gasteiger partial charge in [-0.3, -0.25) is 0 Å². The van der Waals surface area contributed by atoms with Crippen LogP contribution in [0.25, 0.3) is 0 Å². The smallest absolute Gasteiger partial charge is 0.181 e. The second kappa shape index (κ2) is 2.42. The first-order valence-electron chi connectivity index (χ1n) is 3.01. The standard InChI is InChI=1S/C5H6N4S/c1-2-10-5-4(6-1)9-8-3-7-5/h3H,1-2H2,(H,6,9). The fourth-order valence-corrected chi connectivity index (χ4v) is 1.57. The van der Waals surface area contributed by atoms with Gasteiger partial charge in [-0.2, -0.15) is 0 Å². The summed E-state index contributed by atoms with van der Waals surface area (Å²) in [6, 6.07) is 0. The van der Waals surface area contributed by atoms with Gasteiger partial charge in [-0.1, -0.05) is 0 Å². The van der Waals surface area contributed by atoms with Gasteiger partial charge in [0.05, 0.1) is 0 Å². The lowest BCUT2D eigenvalue weighted by atomic mass is 10.6. The zero-order chi connectivity index (χ0) is 6.81. The molecule has 2 heterocycles. The van der Waals surface area contributed by atoms with Gasteiger partial charge < -0.3 is 5.32 Å². The zero-order valence-corrected chi connectivity index (χ0v) is 6.06. The Kier molecular flexibility index (Phi) is 1.43. The largest absolute Gasteiger partial charge is 0.365 e. The quantitative estimate of drug-likeness (QED) is 0.585. The van der Waals surface area contributed by atoms with Gasteiger partial charge in [0.2, 0.25) is 0 Å². The minimum atomic E-state index is 0.818. The second-order valence-electron chi connectivity index (χ2n) is 1.89. The number of nitrogens with zero attached hydrogens (tertiary/aromatic N) is 3. The number of anilines is 1. The molecular weight excluding hydrogens is 148 g/mol. The minimum absolute atomic E-state index is 0.818. The van der Waals surface area contributed by atoms with E-state index in [1.807, 2.05) is 0 Å². The molecule has 0 atom stereocenters. The normalized spacial score (nSPS) is 15.6. The lowest BCUT2D eigenvalue weighted by Crippen LogP contribution is -2.13. The van der Waals surface area contributed by atoms with E-state index >= 15 is 0 Å². The van der Waals surface area contributed by atoms with Crippen molar-refractivity contribution in [1.82, 2.24) is 15.2 Å². The molecule has 5 heteroatoms. The van der Waals surface area contributed by atoms with Crippen LogP contribution >= 0.6 is 11.8 Å². The third-order valence-corrected chi connectivity index (χ3v) is 2.20. The Labute approximate surface area is 62.5 Å². The van der Waals surface area contributed by atoms with Gasteiger partial charge in [0.25, 0.3) is 0 Å². The highest BCUT2D eigenvalue weighted by Gasteiger charge is 2.09. The molecule has 0 radical (unpaired) electrons. The summed E-state index contributed by atoms with van der Waals surface area (Å²) in [6.45, 7) is 0.956. The van der Waals surface area contributed by atoms with E-state index < -0.39 is 0 Å². The predicted octanol–water partition coefficient (Wildman–Crippen LogP) is 0.389. The monoisotopic (exact) mass is 154 g/mol. The van der Waals surface area contributed by atoms with Crippen molar-refractivity contribution in [1.29, 1.82) is 0 Å². The van der Waals surface area contributed by atoms with Crippen molar-refractivity contribution in [2.45, 2.75) is 5.03 Å². The fraction of sp³-hybridized carbons (Fsp3) is 0.400. The van der Waals surface area contributed by atoms with E-state index in [2.05, 4.69) is 20.5 Å². The molecule has 2 rings (SSSR count). The van der Waals surface area contributed by atoms with Gasteiger partial charge in [0, 0.05) is 12.3 Å². The van der Waals surface area contributed by atoms with Crippen LogP contribution < -0.4 is 5.32 Å². The van der Waals surface area contributed by atoms with Crippen LogP contribution in [-0.2, 0) is 0 Å². The molecule has 0 aliphatic carbocycles. The summed E-state index contributed by atoms with van der Waals surface area (Å²) >= 11 is 1.71. The van der Waals surface area contributed by atoms with Crippen molar-refractivity contribution in [2.24, 2.45) is 0 Å². The number of aromatic nitrogens is 3. The summed E-state index contributed by atoms with van der Waals surface area (Å²) in [6.07, 6.45) is 1.47. The van der Waals surface area contributed by atoms with Gasteiger partial charge in [-0.25, -0.2) is 4.98 Å². The molecule has 1 aliphatic heterocycles. The third kappa shape index (κ3) is 0.923. The summed E-state index contributed by atoms with van der Waals surface area (Å²) in [7, 11) is 0. The van der Waals surface area contributed by atoms with Crippen LogP contribution in [0, 0.1) is 0 Å². The Hall–Kier alpha value is -0.840. The Balaban J connectivity index is 2.41. The van der Waals surface area contributed by atoms with Gasteiger partial charge in [-0.15, -0.1) is 22.0 Å². The lowest BCUT2D eigenvalue weighted by molar-refractivity contribution is 0.889. The fourth-order valence-electron chi connectivity index (χ4n) is 0.799. The predicted molar refractivity (Wildman–Crippen MR) is 39.0 cm³/mol. The van der Waals surface area contributed by atoms with Crippen molar-refractivity contribution in [3.05, 3.63) is 6.33 Å². The highest BCUT2D eigenvalue weighted by Crippen LogP contribution is 2.24. The average molecular weight is 154 g/mol. The number of hydrogen-bond acceptors (Lipinski definition) is 5. The Morgan fingerprint density at radius 2 is 2.60 bits per heavy atom. The molecule has 0 saturated carbocycles. The number of rotatable bonds is 0. The van der Waals surface area contributed by atoms with Gasteiger partial charge >= 0.3 is 0 Å². The number of nitrogens with one attached hydrogen (secondary N) is 1. The van der Waals surface area contributed by atoms with Gasteiger partial charge in [0.15, 0.2) is 5.82 Å². The zero-order valence-electron chi connectivity index (χ0n) is 5.24. The van der Waals surface area contributed by atoms with Crippen molar-refractivity contribution in [3.8, 4) is 0 Å². The molecule has 0 spiro atoms. The van der Waals surface area contributed by atoms with E-state index in [1.54, 1.807) is 11.8 Å².